The quantitative estimate of drug-likeness (QED) is 0.537. The number of thiocarbonyl (C=S) groups is 1. The normalized spacial score (nSPS) is 11.0. The van der Waals surface area contributed by atoms with Gasteiger partial charge in [0.25, 0.3) is 5.91 Å². The molecule has 1 amide bonds. The largest absolute Gasteiger partial charge is 0.496 e. The van der Waals surface area contributed by atoms with Gasteiger partial charge in [0.05, 0.1) is 7.11 Å². The predicted molar refractivity (Wildman–Crippen MR) is 130 cm³/mol. The van der Waals surface area contributed by atoms with Crippen molar-refractivity contribution in [2.45, 2.75) is 58.8 Å². The molecule has 0 saturated heterocycles. The molecule has 0 saturated carbocycles. The van der Waals surface area contributed by atoms with Crippen LogP contribution in [0.25, 0.3) is 0 Å². The van der Waals surface area contributed by atoms with E-state index in [1.54, 1.807) is 25.3 Å². The Morgan fingerprint density at radius 3 is 2.32 bits per heavy atom. The van der Waals surface area contributed by atoms with E-state index >= 15 is 0 Å². The minimum Gasteiger partial charge on any atom is -0.496 e. The Kier molecular flexibility index (Phi) is 8.75. The number of Topliss-reactive ketones (excluding diaryl/α,β-unsaturated/α-hetero) is 1. The maximum absolute atomic E-state index is 12.5. The summed E-state index contributed by atoms with van der Waals surface area (Å²) in [6.45, 7) is 8.45. The number of carbonyl (C=O) groups excluding carboxylic acids is 2. The van der Waals surface area contributed by atoms with Gasteiger partial charge in [0.15, 0.2) is 5.11 Å². The smallest absolute Gasteiger partial charge is 0.257 e. The molecule has 2 aromatic rings. The highest BCUT2D eigenvalue weighted by Crippen LogP contribution is 2.25. The molecule has 0 heterocycles. The van der Waals surface area contributed by atoms with Crippen LogP contribution in [0, 0.1) is 0 Å². The van der Waals surface area contributed by atoms with Gasteiger partial charge in [-0.3, -0.25) is 14.9 Å². The van der Waals surface area contributed by atoms with E-state index in [0.717, 1.165) is 24.0 Å². The fourth-order valence-electron chi connectivity index (χ4n) is 3.10. The molecule has 0 bridgehead atoms. The summed E-state index contributed by atoms with van der Waals surface area (Å²) in [4.78, 5) is 24.6. The van der Waals surface area contributed by atoms with Crippen molar-refractivity contribution in [1.29, 1.82) is 0 Å². The summed E-state index contributed by atoms with van der Waals surface area (Å²) in [5.41, 5.74) is 3.23. The molecule has 2 N–H and O–H groups in total. The van der Waals surface area contributed by atoms with Gasteiger partial charge < -0.3 is 10.1 Å². The van der Waals surface area contributed by atoms with Gasteiger partial charge in [-0.25, -0.2) is 0 Å². The van der Waals surface area contributed by atoms with Crippen molar-refractivity contribution < 1.29 is 14.3 Å². The molecule has 0 aliphatic rings. The van der Waals surface area contributed by atoms with Gasteiger partial charge >= 0.3 is 0 Å². The molecule has 5 nitrogen and oxygen atoms in total. The van der Waals surface area contributed by atoms with Crippen LogP contribution in [0.15, 0.2) is 42.5 Å². The van der Waals surface area contributed by atoms with Gasteiger partial charge in [0.2, 0.25) is 0 Å². The molecule has 0 aliphatic heterocycles. The number of nitrogens with one attached hydrogen (secondary N) is 2. The van der Waals surface area contributed by atoms with E-state index in [-0.39, 0.29) is 22.2 Å². The van der Waals surface area contributed by atoms with Crippen molar-refractivity contribution in [3.63, 3.8) is 0 Å². The molecule has 0 fully saturated rings. The van der Waals surface area contributed by atoms with Gasteiger partial charge in [0.1, 0.15) is 11.5 Å². The van der Waals surface area contributed by atoms with Crippen molar-refractivity contribution >= 4 is 34.7 Å². The number of hydrogen-bond donors (Lipinski definition) is 2. The number of ketones is 1. The fourth-order valence-corrected chi connectivity index (χ4v) is 3.31. The van der Waals surface area contributed by atoms with Crippen LogP contribution in [0.4, 0.5) is 5.69 Å². The molecule has 0 atom stereocenters. The second-order valence-corrected chi connectivity index (χ2v) is 8.99. The topological polar surface area (TPSA) is 67.4 Å². The number of rotatable bonds is 8. The number of benzene rings is 2. The molecule has 2 aromatic carbocycles. The van der Waals surface area contributed by atoms with E-state index in [1.165, 1.54) is 0 Å². The molecule has 0 radical (unpaired) electrons. The lowest BCUT2D eigenvalue weighted by Gasteiger charge is -2.19. The Balaban J connectivity index is 1.99. The summed E-state index contributed by atoms with van der Waals surface area (Å²) >= 11 is 5.29. The Morgan fingerprint density at radius 2 is 1.74 bits per heavy atom. The van der Waals surface area contributed by atoms with E-state index < -0.39 is 0 Å². The monoisotopic (exact) mass is 440 g/mol. The number of carbonyl (C=O) groups is 2. The molecule has 6 heteroatoms. The van der Waals surface area contributed by atoms with E-state index in [0.29, 0.717) is 29.8 Å². The number of ether oxygens (including phenoxy) is 1. The highest BCUT2D eigenvalue weighted by atomic mass is 32.1. The standard InChI is InChI=1S/C25H32N2O3S/c1-6-7-8-21(28)15-18-11-14-20(16-22(18)30-5)26-24(31)27-23(29)17-9-12-19(13-10-17)25(2,3)4/h9-14,16H,6-8,15H2,1-5H3,(H2,26,27,29,31). The minimum absolute atomic E-state index is 0.0255. The molecule has 166 valence electrons. The van der Waals surface area contributed by atoms with Crippen molar-refractivity contribution in [2.24, 2.45) is 0 Å². The zero-order valence-corrected chi connectivity index (χ0v) is 19.8. The van der Waals surface area contributed by atoms with Crippen molar-refractivity contribution in [2.75, 3.05) is 12.4 Å². The van der Waals surface area contributed by atoms with E-state index in [9.17, 15) is 9.59 Å². The van der Waals surface area contributed by atoms with Gasteiger partial charge in [0, 0.05) is 35.7 Å². The lowest BCUT2D eigenvalue weighted by atomic mass is 9.87. The summed E-state index contributed by atoms with van der Waals surface area (Å²) in [5, 5.41) is 5.89. The first kappa shape index (κ1) is 24.5. The second kappa shape index (κ2) is 11.0. The molecule has 0 spiro atoms. The molecule has 0 unspecified atom stereocenters. The first-order valence-electron chi connectivity index (χ1n) is 10.6. The van der Waals surface area contributed by atoms with Crippen LogP contribution in [0.1, 0.15) is 68.4 Å². The number of hydrogen-bond acceptors (Lipinski definition) is 4. The Bertz CT molecular complexity index is 931. The Morgan fingerprint density at radius 1 is 1.06 bits per heavy atom. The van der Waals surface area contributed by atoms with Gasteiger partial charge in [-0.2, -0.15) is 0 Å². The maximum Gasteiger partial charge on any atom is 0.257 e. The summed E-state index contributed by atoms with van der Waals surface area (Å²) < 4.78 is 5.44. The van der Waals surface area contributed by atoms with Crippen molar-refractivity contribution in [3.05, 3.63) is 59.2 Å². The summed E-state index contributed by atoms with van der Waals surface area (Å²) in [5.74, 6) is 0.533. The van der Waals surface area contributed by atoms with E-state index in [1.807, 2.05) is 24.3 Å². The first-order valence-corrected chi connectivity index (χ1v) is 11.0. The Hall–Kier alpha value is -2.73. The number of amides is 1. The van der Waals surface area contributed by atoms with Crippen LogP contribution in [0.2, 0.25) is 0 Å². The maximum atomic E-state index is 12.5. The highest BCUT2D eigenvalue weighted by molar-refractivity contribution is 7.80. The SMILES string of the molecule is CCCCC(=O)Cc1ccc(NC(=S)NC(=O)c2ccc(C(C)(C)C)cc2)cc1OC. The predicted octanol–water partition coefficient (Wildman–Crippen LogP) is 5.42. The van der Waals surface area contributed by atoms with E-state index in [2.05, 4.69) is 38.3 Å². The van der Waals surface area contributed by atoms with Crippen molar-refractivity contribution in [1.82, 2.24) is 5.32 Å². The third kappa shape index (κ3) is 7.47. The van der Waals surface area contributed by atoms with Crippen LogP contribution >= 0.6 is 12.2 Å². The van der Waals surface area contributed by atoms with Crippen LogP contribution in [0.3, 0.4) is 0 Å². The second-order valence-electron chi connectivity index (χ2n) is 8.58. The summed E-state index contributed by atoms with van der Waals surface area (Å²) in [6.07, 6.45) is 2.81. The molecular weight excluding hydrogens is 408 g/mol. The average molecular weight is 441 g/mol. The van der Waals surface area contributed by atoms with Gasteiger partial charge in [-0.1, -0.05) is 52.3 Å². The molecule has 0 aliphatic carbocycles. The number of methoxy groups -OCH3 is 1. The van der Waals surface area contributed by atoms with Crippen LogP contribution < -0.4 is 15.4 Å². The van der Waals surface area contributed by atoms with Crippen molar-refractivity contribution in [3.8, 4) is 5.75 Å². The summed E-state index contributed by atoms with van der Waals surface area (Å²) in [6, 6.07) is 13.0. The molecule has 31 heavy (non-hydrogen) atoms. The zero-order valence-electron chi connectivity index (χ0n) is 19.0. The zero-order chi connectivity index (χ0) is 23.0. The van der Waals surface area contributed by atoms with Crippen LogP contribution in [0.5, 0.6) is 5.75 Å². The van der Waals surface area contributed by atoms with E-state index in [4.69, 9.17) is 17.0 Å². The average Bonchev–Trinajstić information content (AvgIpc) is 2.72. The molecular formula is C25H32N2O3S. The number of unbranched alkanes of at least 4 members (excludes halogenated alkanes) is 1. The van der Waals surface area contributed by atoms with Gasteiger partial charge in [-0.05, 0) is 47.8 Å². The van der Waals surface area contributed by atoms with Crippen LogP contribution in [-0.4, -0.2) is 23.9 Å². The minimum atomic E-state index is -0.275. The summed E-state index contributed by atoms with van der Waals surface area (Å²) in [7, 11) is 1.57. The van der Waals surface area contributed by atoms with Crippen LogP contribution in [-0.2, 0) is 16.6 Å². The number of anilines is 1. The lowest BCUT2D eigenvalue weighted by molar-refractivity contribution is -0.118. The Labute approximate surface area is 190 Å². The van der Waals surface area contributed by atoms with Gasteiger partial charge in [-0.15, -0.1) is 0 Å². The molecule has 0 aromatic heterocycles. The third-order valence-corrected chi connectivity index (χ3v) is 5.19. The lowest BCUT2D eigenvalue weighted by Crippen LogP contribution is -2.34. The molecule has 2 rings (SSSR count). The fraction of sp³-hybridized carbons (Fsp3) is 0.400. The first-order chi connectivity index (χ1) is 14.6. The highest BCUT2D eigenvalue weighted by Gasteiger charge is 2.15. The third-order valence-electron chi connectivity index (χ3n) is 4.98.